The fourth-order valence-electron chi connectivity index (χ4n) is 4.45. The van der Waals surface area contributed by atoms with Crippen LogP contribution >= 0.6 is 0 Å². The van der Waals surface area contributed by atoms with Gasteiger partial charge >= 0.3 is 0 Å². The number of hydrogen-bond donors (Lipinski definition) is 0. The zero-order valence-electron chi connectivity index (χ0n) is 19.3. The van der Waals surface area contributed by atoms with Crippen LogP contribution in [0.25, 0.3) is 0 Å². The van der Waals surface area contributed by atoms with Crippen molar-refractivity contribution in [2.75, 3.05) is 0 Å². The molecule has 0 aliphatic heterocycles. The molecule has 0 rings (SSSR count). The molecular weight excluding hydrogens is 312 g/mol. The third kappa shape index (κ3) is 17.4. The third-order valence-corrected chi connectivity index (χ3v) is 6.39. The Balaban J connectivity index is 4.10. The second kappa shape index (κ2) is 21.3. The molecule has 0 saturated heterocycles. The Morgan fingerprint density at radius 1 is 0.385 bits per heavy atom. The number of rotatable bonds is 21. The van der Waals surface area contributed by atoms with Gasteiger partial charge in [0.05, 0.1) is 0 Å². The van der Waals surface area contributed by atoms with Crippen LogP contribution < -0.4 is 0 Å². The van der Waals surface area contributed by atoms with Crippen molar-refractivity contribution in [2.24, 2.45) is 11.8 Å². The van der Waals surface area contributed by atoms with Gasteiger partial charge in [-0.3, -0.25) is 0 Å². The molecule has 0 radical (unpaired) electrons. The van der Waals surface area contributed by atoms with Crippen LogP contribution in [0.4, 0.5) is 0 Å². The molecule has 2 atom stereocenters. The first kappa shape index (κ1) is 26.0. The molecule has 158 valence electrons. The monoisotopic (exact) mass is 366 g/mol. The Morgan fingerprint density at radius 3 is 1.15 bits per heavy atom. The first-order valence-electron chi connectivity index (χ1n) is 12.8. The smallest absolute Gasteiger partial charge is 0.0412 e. The average molecular weight is 367 g/mol. The van der Waals surface area contributed by atoms with Crippen LogP contribution in [0.3, 0.4) is 0 Å². The summed E-state index contributed by atoms with van der Waals surface area (Å²) in [6.07, 6.45) is 29.2. The molecule has 0 aliphatic rings. The van der Waals surface area contributed by atoms with E-state index >= 15 is 0 Å². The zero-order chi connectivity index (χ0) is 19.3. The van der Waals surface area contributed by atoms with E-state index in [9.17, 15) is 0 Å². The average Bonchev–Trinajstić information content (AvgIpc) is 2.66. The van der Waals surface area contributed by atoms with Crippen molar-refractivity contribution >= 4 is 0 Å². The maximum Gasteiger partial charge on any atom is -0.0412 e. The molecule has 0 N–H and O–H groups in total. The van der Waals surface area contributed by atoms with Gasteiger partial charge in [-0.2, -0.15) is 0 Å². The van der Waals surface area contributed by atoms with Gasteiger partial charge in [0.2, 0.25) is 0 Å². The van der Waals surface area contributed by atoms with Crippen LogP contribution in [-0.4, -0.2) is 0 Å². The second-order valence-corrected chi connectivity index (χ2v) is 8.98. The topological polar surface area (TPSA) is 0 Å². The van der Waals surface area contributed by atoms with Gasteiger partial charge in [0.15, 0.2) is 0 Å². The van der Waals surface area contributed by atoms with Crippen molar-refractivity contribution in [3.05, 3.63) is 0 Å². The third-order valence-electron chi connectivity index (χ3n) is 6.39. The van der Waals surface area contributed by atoms with E-state index in [4.69, 9.17) is 0 Å². The van der Waals surface area contributed by atoms with Gasteiger partial charge in [-0.1, -0.05) is 150 Å². The summed E-state index contributed by atoms with van der Waals surface area (Å²) in [6.45, 7) is 9.41. The first-order chi connectivity index (χ1) is 12.8. The molecule has 0 nitrogen and oxygen atoms in total. The van der Waals surface area contributed by atoms with Crippen molar-refractivity contribution in [2.45, 2.75) is 156 Å². The van der Waals surface area contributed by atoms with Crippen LogP contribution in [0.15, 0.2) is 0 Å². The lowest BCUT2D eigenvalue weighted by molar-refractivity contribution is 0.294. The van der Waals surface area contributed by atoms with Gasteiger partial charge in [-0.25, -0.2) is 0 Å². The lowest BCUT2D eigenvalue weighted by Gasteiger charge is -2.23. The van der Waals surface area contributed by atoms with Crippen LogP contribution in [0.1, 0.15) is 156 Å². The van der Waals surface area contributed by atoms with Crippen LogP contribution in [0.2, 0.25) is 0 Å². The summed E-state index contributed by atoms with van der Waals surface area (Å²) in [6, 6.07) is 0. The van der Waals surface area contributed by atoms with E-state index in [0.29, 0.717) is 0 Å². The van der Waals surface area contributed by atoms with E-state index in [1.807, 2.05) is 0 Å². The molecule has 0 heteroatoms. The van der Waals surface area contributed by atoms with Crippen molar-refractivity contribution < 1.29 is 0 Å². The van der Waals surface area contributed by atoms with Gasteiger partial charge in [0.25, 0.3) is 0 Å². The standard InChI is InChI=1S/C26H54/c1-5-9-12-15-17-20-23-26(22-18-14-11-7-3)24-25(8-4)21-19-16-13-10-6-2/h25-26H,5-24H2,1-4H3. The minimum absolute atomic E-state index is 1.01. The highest BCUT2D eigenvalue weighted by Crippen LogP contribution is 2.29. The molecule has 0 spiro atoms. The van der Waals surface area contributed by atoms with E-state index in [1.165, 1.54) is 128 Å². The van der Waals surface area contributed by atoms with Gasteiger partial charge in [0, 0.05) is 0 Å². The highest BCUT2D eigenvalue weighted by atomic mass is 14.2. The summed E-state index contributed by atoms with van der Waals surface area (Å²) in [5.74, 6) is 2.03. The molecule has 0 fully saturated rings. The van der Waals surface area contributed by atoms with E-state index in [1.54, 1.807) is 0 Å². The fraction of sp³-hybridized carbons (Fsp3) is 1.00. The van der Waals surface area contributed by atoms with Crippen molar-refractivity contribution in [1.29, 1.82) is 0 Å². The maximum absolute atomic E-state index is 2.44. The largest absolute Gasteiger partial charge is 0.0654 e. The normalized spacial score (nSPS) is 13.8. The molecule has 0 aliphatic carbocycles. The summed E-state index contributed by atoms with van der Waals surface area (Å²) in [4.78, 5) is 0. The Labute approximate surface area is 168 Å². The zero-order valence-corrected chi connectivity index (χ0v) is 19.3. The number of unbranched alkanes of at least 4 members (excludes halogenated alkanes) is 12. The Morgan fingerprint density at radius 2 is 0.731 bits per heavy atom. The summed E-state index contributed by atoms with van der Waals surface area (Å²) < 4.78 is 0. The number of hydrogen-bond acceptors (Lipinski definition) is 0. The second-order valence-electron chi connectivity index (χ2n) is 8.98. The molecule has 0 bridgehead atoms. The summed E-state index contributed by atoms with van der Waals surface area (Å²) in [5, 5.41) is 0. The highest BCUT2D eigenvalue weighted by Gasteiger charge is 2.15. The molecule has 0 aromatic heterocycles. The Hall–Kier alpha value is 0. The lowest BCUT2D eigenvalue weighted by atomic mass is 9.83. The van der Waals surface area contributed by atoms with E-state index in [2.05, 4.69) is 27.7 Å². The van der Waals surface area contributed by atoms with Gasteiger partial charge in [-0.05, 0) is 18.3 Å². The fourth-order valence-corrected chi connectivity index (χ4v) is 4.45. The van der Waals surface area contributed by atoms with Gasteiger partial charge < -0.3 is 0 Å². The molecular formula is C26H54. The SMILES string of the molecule is CCCCCCCCC(CCCCCC)CC(CC)CCCCCCC. The minimum atomic E-state index is 1.01. The summed E-state index contributed by atoms with van der Waals surface area (Å²) >= 11 is 0. The molecule has 0 amide bonds. The Kier molecular flexibility index (Phi) is 21.3. The molecule has 0 heterocycles. The summed E-state index contributed by atoms with van der Waals surface area (Å²) in [5.41, 5.74) is 0. The quantitative estimate of drug-likeness (QED) is 0.177. The van der Waals surface area contributed by atoms with Crippen molar-refractivity contribution in [3.63, 3.8) is 0 Å². The maximum atomic E-state index is 2.44. The van der Waals surface area contributed by atoms with Crippen LogP contribution in [-0.2, 0) is 0 Å². The predicted octanol–water partition coefficient (Wildman–Crippen LogP) is 10.1. The van der Waals surface area contributed by atoms with Crippen LogP contribution in [0.5, 0.6) is 0 Å². The van der Waals surface area contributed by atoms with Crippen molar-refractivity contribution in [1.82, 2.24) is 0 Å². The van der Waals surface area contributed by atoms with E-state index < -0.39 is 0 Å². The van der Waals surface area contributed by atoms with Gasteiger partial charge in [-0.15, -0.1) is 0 Å². The molecule has 2 unspecified atom stereocenters. The van der Waals surface area contributed by atoms with E-state index in [0.717, 1.165) is 11.8 Å². The Bertz CT molecular complexity index is 244. The lowest BCUT2D eigenvalue weighted by Crippen LogP contribution is -2.09. The minimum Gasteiger partial charge on any atom is -0.0654 e. The molecule has 0 saturated carbocycles. The summed E-state index contributed by atoms with van der Waals surface area (Å²) in [7, 11) is 0. The van der Waals surface area contributed by atoms with Gasteiger partial charge in [0.1, 0.15) is 0 Å². The molecule has 0 aromatic rings. The van der Waals surface area contributed by atoms with Crippen molar-refractivity contribution in [3.8, 4) is 0 Å². The molecule has 0 aromatic carbocycles. The van der Waals surface area contributed by atoms with E-state index in [-0.39, 0.29) is 0 Å². The highest BCUT2D eigenvalue weighted by molar-refractivity contribution is 4.67. The first-order valence-corrected chi connectivity index (χ1v) is 12.8. The van der Waals surface area contributed by atoms with Crippen LogP contribution in [0, 0.1) is 11.8 Å². The molecule has 26 heavy (non-hydrogen) atoms. The predicted molar refractivity (Wildman–Crippen MR) is 122 cm³/mol.